The van der Waals surface area contributed by atoms with Crippen molar-refractivity contribution in [2.45, 2.75) is 11.7 Å². The molecular formula is C11H13N5O2S2. The van der Waals surface area contributed by atoms with Crippen molar-refractivity contribution < 1.29 is 9.59 Å². The highest BCUT2D eigenvalue weighted by molar-refractivity contribution is 7.99. The van der Waals surface area contributed by atoms with Crippen molar-refractivity contribution in [2.75, 3.05) is 5.75 Å². The van der Waals surface area contributed by atoms with Crippen LogP contribution in [-0.2, 0) is 18.4 Å². The summed E-state index contributed by atoms with van der Waals surface area (Å²) < 4.78 is 1.70. The van der Waals surface area contributed by atoms with E-state index in [1.165, 1.54) is 11.8 Å². The predicted octanol–water partition coefficient (Wildman–Crippen LogP) is 0.995. The molecule has 0 radical (unpaired) electrons. The number of aromatic nitrogens is 3. The quantitative estimate of drug-likeness (QED) is 0.804. The van der Waals surface area contributed by atoms with E-state index in [4.69, 9.17) is 0 Å². The van der Waals surface area contributed by atoms with Gasteiger partial charge in [0.25, 0.3) is 0 Å². The van der Waals surface area contributed by atoms with Crippen LogP contribution in [0, 0.1) is 0 Å². The minimum atomic E-state index is -0.498. The molecule has 0 aliphatic heterocycles. The third-order valence-electron chi connectivity index (χ3n) is 2.26. The average Bonchev–Trinajstić information content (AvgIpc) is 3.05. The Balaban J connectivity index is 1.68. The Bertz CT molecular complexity index is 581. The van der Waals surface area contributed by atoms with Gasteiger partial charge in [0.2, 0.25) is 5.91 Å². The van der Waals surface area contributed by atoms with Crippen LogP contribution in [0.25, 0.3) is 0 Å². The van der Waals surface area contributed by atoms with Crippen molar-refractivity contribution in [1.29, 1.82) is 0 Å². The largest absolute Gasteiger partial charge is 0.333 e. The molecular weight excluding hydrogens is 298 g/mol. The Morgan fingerprint density at radius 3 is 3.00 bits per heavy atom. The van der Waals surface area contributed by atoms with Gasteiger partial charge >= 0.3 is 6.03 Å². The second-order valence-corrected chi connectivity index (χ2v) is 5.80. The number of amides is 3. The van der Waals surface area contributed by atoms with E-state index < -0.39 is 6.03 Å². The lowest BCUT2D eigenvalue weighted by Gasteiger charge is -2.05. The van der Waals surface area contributed by atoms with Crippen molar-refractivity contribution in [1.82, 2.24) is 25.4 Å². The first-order valence-electron chi connectivity index (χ1n) is 5.72. The zero-order valence-electron chi connectivity index (χ0n) is 10.7. The third kappa shape index (κ3) is 4.35. The zero-order chi connectivity index (χ0) is 14.4. The Morgan fingerprint density at radius 2 is 2.35 bits per heavy atom. The molecule has 0 saturated heterocycles. The lowest BCUT2D eigenvalue weighted by atomic mass is 10.5. The minimum Gasteiger partial charge on any atom is -0.333 e. The van der Waals surface area contributed by atoms with Gasteiger partial charge in [-0.05, 0) is 11.4 Å². The highest BCUT2D eigenvalue weighted by Crippen LogP contribution is 2.12. The maximum Gasteiger partial charge on any atom is 0.321 e. The molecule has 2 heterocycles. The van der Waals surface area contributed by atoms with Crippen LogP contribution in [0.4, 0.5) is 4.79 Å². The molecule has 0 atom stereocenters. The number of carbonyl (C=O) groups excluding carboxylic acids is 2. The van der Waals surface area contributed by atoms with Crippen LogP contribution < -0.4 is 10.6 Å². The summed E-state index contributed by atoms with van der Waals surface area (Å²) >= 11 is 2.76. The minimum absolute atomic E-state index is 0.110. The van der Waals surface area contributed by atoms with Crippen LogP contribution in [-0.4, -0.2) is 32.5 Å². The van der Waals surface area contributed by atoms with E-state index in [-0.39, 0.29) is 11.7 Å². The number of nitrogens with zero attached hydrogens (tertiary/aromatic N) is 3. The molecule has 0 fully saturated rings. The fraction of sp³-hybridized carbons (Fsp3) is 0.273. The van der Waals surface area contributed by atoms with Crippen LogP contribution in [0.5, 0.6) is 0 Å². The number of nitrogens with one attached hydrogen (secondary N) is 2. The van der Waals surface area contributed by atoms with Gasteiger partial charge in [0.15, 0.2) is 5.16 Å². The van der Waals surface area contributed by atoms with Gasteiger partial charge in [-0.3, -0.25) is 10.1 Å². The number of carbonyl (C=O) groups is 2. The fourth-order valence-corrected chi connectivity index (χ4v) is 2.65. The number of aryl methyl sites for hydroxylation is 1. The Morgan fingerprint density at radius 1 is 1.50 bits per heavy atom. The van der Waals surface area contributed by atoms with Crippen molar-refractivity contribution in [3.05, 3.63) is 28.7 Å². The fourth-order valence-electron chi connectivity index (χ4n) is 1.32. The molecule has 0 spiro atoms. The summed E-state index contributed by atoms with van der Waals surface area (Å²) in [5, 5.41) is 15.0. The molecule has 2 N–H and O–H groups in total. The molecule has 0 aliphatic carbocycles. The summed E-state index contributed by atoms with van der Waals surface area (Å²) in [5.41, 5.74) is 0. The smallest absolute Gasteiger partial charge is 0.321 e. The normalized spacial score (nSPS) is 10.2. The number of thiophene rings is 1. The Labute approximate surface area is 123 Å². The summed E-state index contributed by atoms with van der Waals surface area (Å²) in [6.07, 6.45) is 1.55. The summed E-state index contributed by atoms with van der Waals surface area (Å²) in [4.78, 5) is 24.1. The van der Waals surface area contributed by atoms with Gasteiger partial charge in [-0.1, -0.05) is 17.8 Å². The van der Waals surface area contributed by atoms with Crippen LogP contribution in [0.1, 0.15) is 4.88 Å². The van der Waals surface area contributed by atoms with Gasteiger partial charge in [0, 0.05) is 11.9 Å². The molecule has 9 heteroatoms. The first-order chi connectivity index (χ1) is 9.65. The van der Waals surface area contributed by atoms with E-state index in [0.717, 1.165) is 4.88 Å². The molecule has 2 aromatic heterocycles. The van der Waals surface area contributed by atoms with Crippen molar-refractivity contribution in [3.63, 3.8) is 0 Å². The number of thioether (sulfide) groups is 1. The monoisotopic (exact) mass is 311 g/mol. The van der Waals surface area contributed by atoms with Gasteiger partial charge in [0.1, 0.15) is 6.33 Å². The van der Waals surface area contributed by atoms with E-state index >= 15 is 0 Å². The van der Waals surface area contributed by atoms with Gasteiger partial charge in [0.05, 0.1) is 12.3 Å². The standard InChI is InChI=1S/C11H13N5O2S2/c1-16-7-13-15-11(16)20-6-9(17)14-10(18)12-5-8-3-2-4-19-8/h2-4,7H,5-6H2,1H3,(H2,12,14,17,18). The van der Waals surface area contributed by atoms with Gasteiger partial charge in [-0.2, -0.15) is 0 Å². The summed E-state index contributed by atoms with van der Waals surface area (Å²) in [6, 6.07) is 3.32. The van der Waals surface area contributed by atoms with E-state index in [2.05, 4.69) is 20.8 Å². The molecule has 0 aromatic carbocycles. The summed E-state index contributed by atoms with van der Waals surface area (Å²) in [5.74, 6) is -0.263. The van der Waals surface area contributed by atoms with E-state index in [0.29, 0.717) is 11.7 Å². The van der Waals surface area contributed by atoms with Gasteiger partial charge < -0.3 is 9.88 Å². The molecule has 106 valence electrons. The highest BCUT2D eigenvalue weighted by atomic mass is 32.2. The third-order valence-corrected chi connectivity index (χ3v) is 4.17. The molecule has 0 unspecified atom stereocenters. The Kier molecular flexibility index (Phi) is 5.13. The number of hydrogen-bond donors (Lipinski definition) is 2. The topological polar surface area (TPSA) is 88.9 Å². The van der Waals surface area contributed by atoms with Gasteiger partial charge in [-0.15, -0.1) is 21.5 Å². The zero-order valence-corrected chi connectivity index (χ0v) is 12.3. The molecule has 0 saturated carbocycles. The molecule has 0 bridgehead atoms. The van der Waals surface area contributed by atoms with Crippen molar-refractivity contribution in [2.24, 2.45) is 7.05 Å². The SMILES string of the molecule is Cn1cnnc1SCC(=O)NC(=O)NCc1cccs1. The van der Waals surface area contributed by atoms with E-state index in [1.807, 2.05) is 17.5 Å². The lowest BCUT2D eigenvalue weighted by molar-refractivity contribution is -0.117. The van der Waals surface area contributed by atoms with E-state index in [1.54, 1.807) is 29.3 Å². The number of hydrogen-bond acceptors (Lipinski definition) is 6. The molecule has 3 amide bonds. The summed E-state index contributed by atoms with van der Waals surface area (Å²) in [6.45, 7) is 0.410. The number of rotatable bonds is 5. The molecule has 0 aliphatic rings. The van der Waals surface area contributed by atoms with Crippen LogP contribution in [0.3, 0.4) is 0 Å². The second-order valence-electron chi connectivity index (χ2n) is 3.82. The van der Waals surface area contributed by atoms with Crippen LogP contribution >= 0.6 is 23.1 Å². The molecule has 2 aromatic rings. The second kappa shape index (κ2) is 7.06. The maximum absolute atomic E-state index is 11.6. The van der Waals surface area contributed by atoms with E-state index in [9.17, 15) is 9.59 Å². The number of urea groups is 1. The molecule has 7 nitrogen and oxygen atoms in total. The first kappa shape index (κ1) is 14.5. The Hall–Kier alpha value is -1.87. The maximum atomic E-state index is 11.6. The number of imide groups is 1. The predicted molar refractivity (Wildman–Crippen MR) is 76.4 cm³/mol. The average molecular weight is 311 g/mol. The molecule has 20 heavy (non-hydrogen) atoms. The van der Waals surface area contributed by atoms with Gasteiger partial charge in [-0.25, -0.2) is 4.79 Å². The van der Waals surface area contributed by atoms with Crippen molar-refractivity contribution in [3.8, 4) is 0 Å². The van der Waals surface area contributed by atoms with Crippen molar-refractivity contribution >= 4 is 35.0 Å². The summed E-state index contributed by atoms with van der Waals surface area (Å²) in [7, 11) is 1.79. The molecule has 2 rings (SSSR count). The lowest BCUT2D eigenvalue weighted by Crippen LogP contribution is -2.39. The van der Waals surface area contributed by atoms with Crippen LogP contribution in [0.15, 0.2) is 29.0 Å². The highest BCUT2D eigenvalue weighted by Gasteiger charge is 2.10. The first-order valence-corrected chi connectivity index (χ1v) is 7.58. The van der Waals surface area contributed by atoms with Crippen LogP contribution in [0.2, 0.25) is 0 Å².